The van der Waals surface area contributed by atoms with E-state index >= 15 is 0 Å². The number of thiocarbonyl (C=S) groups is 1. The van der Waals surface area contributed by atoms with Crippen LogP contribution >= 0.6 is 12.2 Å². The molecule has 1 aromatic rings. The monoisotopic (exact) mass is 296 g/mol. The summed E-state index contributed by atoms with van der Waals surface area (Å²) in [6.07, 6.45) is 1.76. The fourth-order valence-electron chi connectivity index (χ4n) is 1.94. The van der Waals surface area contributed by atoms with E-state index in [4.69, 9.17) is 26.4 Å². The van der Waals surface area contributed by atoms with Gasteiger partial charge in [0.05, 0.1) is 26.4 Å². The first kappa shape index (κ1) is 16.4. The lowest BCUT2D eigenvalue weighted by atomic mass is 10.00. The molecule has 0 N–H and O–H groups in total. The van der Waals surface area contributed by atoms with Gasteiger partial charge < -0.3 is 14.2 Å². The van der Waals surface area contributed by atoms with E-state index in [1.165, 1.54) is 7.11 Å². The van der Waals surface area contributed by atoms with Gasteiger partial charge in [-0.25, -0.2) is 4.79 Å². The van der Waals surface area contributed by atoms with Crippen LogP contribution in [0.25, 0.3) is 0 Å². The van der Waals surface area contributed by atoms with Crippen molar-refractivity contribution in [3.63, 3.8) is 0 Å². The van der Waals surface area contributed by atoms with Gasteiger partial charge in [-0.1, -0.05) is 13.3 Å². The number of hydrogen-bond donors (Lipinski definition) is 0. The van der Waals surface area contributed by atoms with Crippen LogP contribution in [-0.2, 0) is 15.9 Å². The third-order valence-electron chi connectivity index (χ3n) is 2.84. The van der Waals surface area contributed by atoms with Crippen molar-refractivity contribution in [3.8, 4) is 5.75 Å². The lowest BCUT2D eigenvalue weighted by Crippen LogP contribution is -2.13. The lowest BCUT2D eigenvalue weighted by Gasteiger charge is -2.15. The van der Waals surface area contributed by atoms with Crippen molar-refractivity contribution >= 4 is 23.2 Å². The van der Waals surface area contributed by atoms with Gasteiger partial charge in [0.1, 0.15) is 5.75 Å². The van der Waals surface area contributed by atoms with Gasteiger partial charge in [0.15, 0.2) is 5.05 Å². The molecule has 1 rings (SSSR count). The third kappa shape index (κ3) is 3.70. The highest BCUT2D eigenvalue weighted by atomic mass is 32.1. The molecule has 4 nitrogen and oxygen atoms in total. The minimum atomic E-state index is -0.429. The molecule has 0 fully saturated rings. The van der Waals surface area contributed by atoms with E-state index in [0.29, 0.717) is 23.5 Å². The molecule has 110 valence electrons. The van der Waals surface area contributed by atoms with Crippen LogP contribution in [0.4, 0.5) is 0 Å². The second-order valence-electron chi connectivity index (χ2n) is 4.17. The van der Waals surface area contributed by atoms with E-state index in [-0.39, 0.29) is 5.05 Å². The predicted molar refractivity (Wildman–Crippen MR) is 81.7 cm³/mol. The van der Waals surface area contributed by atoms with E-state index in [2.05, 4.69) is 6.92 Å². The largest absolute Gasteiger partial charge is 0.496 e. The molecule has 0 aliphatic heterocycles. The molecule has 0 radical (unpaired) electrons. The van der Waals surface area contributed by atoms with Crippen molar-refractivity contribution < 1.29 is 19.0 Å². The molecule has 5 heteroatoms. The maximum absolute atomic E-state index is 11.9. The number of hydrogen-bond acceptors (Lipinski definition) is 5. The van der Waals surface area contributed by atoms with Gasteiger partial charge in [0.2, 0.25) is 0 Å². The first-order valence-electron chi connectivity index (χ1n) is 6.55. The number of carbonyl (C=O) groups excluding carboxylic acids is 1. The third-order valence-corrected chi connectivity index (χ3v) is 3.18. The SMILES string of the molecule is CCCc1cc(C(=O)OC)c(C(=S)OCC)cc1OC. The Hall–Kier alpha value is -1.62. The topological polar surface area (TPSA) is 44.8 Å². The summed E-state index contributed by atoms with van der Waals surface area (Å²) in [6, 6.07) is 3.52. The van der Waals surface area contributed by atoms with Crippen LogP contribution < -0.4 is 4.74 Å². The number of benzene rings is 1. The Labute approximate surface area is 125 Å². The zero-order chi connectivity index (χ0) is 15.1. The highest BCUT2D eigenvalue weighted by Crippen LogP contribution is 2.26. The molecule has 0 aromatic heterocycles. The van der Waals surface area contributed by atoms with Crippen LogP contribution in [0.3, 0.4) is 0 Å². The van der Waals surface area contributed by atoms with Crippen molar-refractivity contribution in [3.05, 3.63) is 28.8 Å². The average molecular weight is 296 g/mol. The average Bonchev–Trinajstić information content (AvgIpc) is 2.46. The predicted octanol–water partition coefficient (Wildman–Crippen LogP) is 3.15. The molecule has 0 amide bonds. The van der Waals surface area contributed by atoms with Crippen LogP contribution in [0.15, 0.2) is 12.1 Å². The molecule has 0 heterocycles. The molecule has 20 heavy (non-hydrogen) atoms. The van der Waals surface area contributed by atoms with E-state index in [0.717, 1.165) is 18.4 Å². The van der Waals surface area contributed by atoms with Crippen molar-refractivity contribution in [1.82, 2.24) is 0 Å². The number of ether oxygens (including phenoxy) is 3. The standard InChI is InChI=1S/C15H20O4S/c1-5-7-10-8-11(14(16)18-4)12(9-13(10)17-3)15(20)19-6-2/h8-9H,5-7H2,1-4H3. The smallest absolute Gasteiger partial charge is 0.338 e. The van der Waals surface area contributed by atoms with Gasteiger partial charge in [-0.2, -0.15) is 0 Å². The van der Waals surface area contributed by atoms with E-state index in [1.807, 2.05) is 6.92 Å². The number of rotatable bonds is 6. The molecule has 0 aliphatic carbocycles. The van der Waals surface area contributed by atoms with Crippen molar-refractivity contribution in [2.75, 3.05) is 20.8 Å². The van der Waals surface area contributed by atoms with E-state index < -0.39 is 5.97 Å². The molecule has 0 spiro atoms. The molecule has 0 unspecified atom stereocenters. The van der Waals surface area contributed by atoms with E-state index in [9.17, 15) is 4.79 Å². The molecule has 0 atom stereocenters. The maximum atomic E-state index is 11.9. The van der Waals surface area contributed by atoms with Crippen LogP contribution in [0.1, 0.15) is 41.8 Å². The molecule has 0 saturated carbocycles. The molecular weight excluding hydrogens is 276 g/mol. The summed E-state index contributed by atoms with van der Waals surface area (Å²) in [5, 5.41) is 0.272. The Morgan fingerprint density at radius 2 is 1.90 bits per heavy atom. The number of carbonyl (C=O) groups is 1. The summed E-state index contributed by atoms with van der Waals surface area (Å²) < 4.78 is 15.5. The molecule has 0 aliphatic rings. The van der Waals surface area contributed by atoms with Gasteiger partial charge in [0, 0.05) is 5.56 Å². The van der Waals surface area contributed by atoms with Gasteiger partial charge in [0.25, 0.3) is 0 Å². The van der Waals surface area contributed by atoms with Crippen LogP contribution in [0, 0.1) is 0 Å². The Kier molecular flexibility index (Phi) is 6.45. The Morgan fingerprint density at radius 1 is 1.20 bits per heavy atom. The second-order valence-corrected chi connectivity index (χ2v) is 4.54. The number of methoxy groups -OCH3 is 2. The summed E-state index contributed by atoms with van der Waals surface area (Å²) in [5.41, 5.74) is 1.90. The zero-order valence-corrected chi connectivity index (χ0v) is 13.1. The number of esters is 1. The highest BCUT2D eigenvalue weighted by Gasteiger charge is 2.19. The van der Waals surface area contributed by atoms with Crippen molar-refractivity contribution in [2.24, 2.45) is 0 Å². The fourth-order valence-corrected chi connectivity index (χ4v) is 2.22. The highest BCUT2D eigenvalue weighted by molar-refractivity contribution is 7.80. The minimum absolute atomic E-state index is 0.272. The first-order valence-corrected chi connectivity index (χ1v) is 6.96. The van der Waals surface area contributed by atoms with Gasteiger partial charge in [-0.05, 0) is 43.3 Å². The van der Waals surface area contributed by atoms with Crippen LogP contribution in [-0.4, -0.2) is 31.8 Å². The fraction of sp³-hybridized carbons (Fsp3) is 0.467. The maximum Gasteiger partial charge on any atom is 0.338 e. The molecule has 0 saturated heterocycles. The normalized spacial score (nSPS) is 10.0. The van der Waals surface area contributed by atoms with E-state index in [1.54, 1.807) is 19.2 Å². The molecule has 0 bridgehead atoms. The Morgan fingerprint density at radius 3 is 2.40 bits per heavy atom. The van der Waals surface area contributed by atoms with Crippen LogP contribution in [0.2, 0.25) is 0 Å². The van der Waals surface area contributed by atoms with Gasteiger partial charge in [-0.3, -0.25) is 0 Å². The summed E-state index contributed by atoms with van der Waals surface area (Å²) in [5.74, 6) is 0.276. The lowest BCUT2D eigenvalue weighted by molar-refractivity contribution is 0.0600. The molecule has 1 aromatic carbocycles. The van der Waals surface area contributed by atoms with Crippen LogP contribution in [0.5, 0.6) is 5.75 Å². The van der Waals surface area contributed by atoms with Crippen molar-refractivity contribution in [2.45, 2.75) is 26.7 Å². The first-order chi connectivity index (χ1) is 9.58. The van der Waals surface area contributed by atoms with Gasteiger partial charge >= 0.3 is 5.97 Å². The zero-order valence-electron chi connectivity index (χ0n) is 12.3. The Balaban J connectivity index is 3.38. The summed E-state index contributed by atoms with van der Waals surface area (Å²) >= 11 is 5.20. The molecular formula is C15H20O4S. The van der Waals surface area contributed by atoms with Crippen molar-refractivity contribution in [1.29, 1.82) is 0 Å². The number of aryl methyl sites for hydroxylation is 1. The minimum Gasteiger partial charge on any atom is -0.496 e. The Bertz CT molecular complexity index is 497. The van der Waals surface area contributed by atoms with Gasteiger partial charge in [-0.15, -0.1) is 0 Å². The quantitative estimate of drug-likeness (QED) is 0.596. The summed E-state index contributed by atoms with van der Waals surface area (Å²) in [6.45, 7) is 4.35. The summed E-state index contributed by atoms with van der Waals surface area (Å²) in [7, 11) is 2.94. The summed E-state index contributed by atoms with van der Waals surface area (Å²) in [4.78, 5) is 11.9. The second kappa shape index (κ2) is 7.85.